The van der Waals surface area contributed by atoms with Gasteiger partial charge in [0, 0.05) is 6.20 Å². The van der Waals surface area contributed by atoms with Crippen LogP contribution in [-0.4, -0.2) is 20.7 Å². The molecule has 0 radical (unpaired) electrons. The number of anilines is 1. The lowest BCUT2D eigenvalue weighted by molar-refractivity contribution is 0.821. The van der Waals surface area contributed by atoms with Gasteiger partial charge in [0.25, 0.3) is 0 Å². The standard InChI is InChI=1S/C22H23N5/c1-16(2)18-11-9-17(10-12-18)15-27-21-8-4-3-7-20(21)25-22(27)26-24-14-19-6-5-13-23-19/h3-14,16,23H,15H2,1-2H3,(H,25,26)/b24-14+. The van der Waals surface area contributed by atoms with Gasteiger partial charge in [0.05, 0.1) is 29.5 Å². The van der Waals surface area contributed by atoms with Gasteiger partial charge in [-0.15, -0.1) is 0 Å². The molecule has 0 atom stereocenters. The molecule has 0 fully saturated rings. The highest BCUT2D eigenvalue weighted by Crippen LogP contribution is 2.22. The van der Waals surface area contributed by atoms with E-state index in [0.29, 0.717) is 5.92 Å². The van der Waals surface area contributed by atoms with Gasteiger partial charge in [0.2, 0.25) is 5.95 Å². The summed E-state index contributed by atoms with van der Waals surface area (Å²) in [6.07, 6.45) is 3.62. The molecule has 2 heterocycles. The maximum absolute atomic E-state index is 4.70. The van der Waals surface area contributed by atoms with Gasteiger partial charge in [0.1, 0.15) is 0 Å². The second kappa shape index (κ2) is 7.50. The fraction of sp³-hybridized carbons (Fsp3) is 0.182. The number of rotatable bonds is 6. The maximum Gasteiger partial charge on any atom is 0.225 e. The van der Waals surface area contributed by atoms with E-state index in [-0.39, 0.29) is 0 Å². The van der Waals surface area contributed by atoms with E-state index in [1.165, 1.54) is 11.1 Å². The molecule has 5 nitrogen and oxygen atoms in total. The zero-order chi connectivity index (χ0) is 18.6. The van der Waals surface area contributed by atoms with Crippen LogP contribution >= 0.6 is 0 Å². The summed E-state index contributed by atoms with van der Waals surface area (Å²) in [6.45, 7) is 5.16. The molecule has 4 aromatic rings. The Bertz CT molecular complexity index is 1040. The van der Waals surface area contributed by atoms with E-state index >= 15 is 0 Å². The van der Waals surface area contributed by atoms with Gasteiger partial charge in [-0.1, -0.05) is 50.2 Å². The number of H-pyrrole nitrogens is 1. The van der Waals surface area contributed by atoms with Crippen molar-refractivity contribution in [3.8, 4) is 0 Å². The van der Waals surface area contributed by atoms with Gasteiger partial charge < -0.3 is 9.55 Å². The van der Waals surface area contributed by atoms with Crippen molar-refractivity contribution < 1.29 is 0 Å². The lowest BCUT2D eigenvalue weighted by Crippen LogP contribution is -2.05. The van der Waals surface area contributed by atoms with Crippen LogP contribution in [0.25, 0.3) is 11.0 Å². The molecule has 0 amide bonds. The first-order chi connectivity index (χ1) is 13.2. The number of imidazole rings is 1. The molecule has 0 unspecified atom stereocenters. The highest BCUT2D eigenvalue weighted by atomic mass is 15.4. The van der Waals surface area contributed by atoms with Crippen molar-refractivity contribution >= 4 is 23.2 Å². The van der Waals surface area contributed by atoms with Crippen LogP contribution < -0.4 is 5.43 Å². The van der Waals surface area contributed by atoms with Crippen LogP contribution in [0.5, 0.6) is 0 Å². The first kappa shape index (κ1) is 17.1. The maximum atomic E-state index is 4.70. The van der Waals surface area contributed by atoms with Crippen molar-refractivity contribution in [3.63, 3.8) is 0 Å². The summed E-state index contributed by atoms with van der Waals surface area (Å²) in [5, 5.41) is 4.33. The number of aromatic nitrogens is 3. The van der Waals surface area contributed by atoms with E-state index in [2.05, 4.69) is 64.3 Å². The van der Waals surface area contributed by atoms with E-state index in [0.717, 1.165) is 29.2 Å². The van der Waals surface area contributed by atoms with E-state index in [4.69, 9.17) is 4.98 Å². The number of hydrogen-bond donors (Lipinski definition) is 2. The van der Waals surface area contributed by atoms with Gasteiger partial charge in [-0.05, 0) is 41.3 Å². The van der Waals surface area contributed by atoms with Gasteiger partial charge in [-0.25, -0.2) is 10.4 Å². The van der Waals surface area contributed by atoms with Crippen LogP contribution in [0.4, 0.5) is 5.95 Å². The van der Waals surface area contributed by atoms with Crippen LogP contribution in [0.3, 0.4) is 0 Å². The van der Waals surface area contributed by atoms with Crippen LogP contribution in [0.1, 0.15) is 36.6 Å². The van der Waals surface area contributed by atoms with Gasteiger partial charge in [-0.3, -0.25) is 0 Å². The fourth-order valence-electron chi connectivity index (χ4n) is 3.10. The van der Waals surface area contributed by atoms with Crippen molar-refractivity contribution in [1.82, 2.24) is 14.5 Å². The molecule has 0 bridgehead atoms. The molecule has 0 spiro atoms. The Balaban J connectivity index is 1.63. The SMILES string of the molecule is CC(C)c1ccc(Cn2c(N/N=C/c3ccc[nH]3)nc3ccccc32)cc1. The third kappa shape index (κ3) is 3.77. The minimum Gasteiger partial charge on any atom is -0.360 e. The monoisotopic (exact) mass is 357 g/mol. The topological polar surface area (TPSA) is 58.0 Å². The van der Waals surface area contributed by atoms with Crippen LogP contribution in [0.2, 0.25) is 0 Å². The molecule has 5 heteroatoms. The molecule has 0 aliphatic carbocycles. The summed E-state index contributed by atoms with van der Waals surface area (Å²) in [4.78, 5) is 7.80. The first-order valence-corrected chi connectivity index (χ1v) is 9.17. The summed E-state index contributed by atoms with van der Waals surface area (Å²) in [5.74, 6) is 1.26. The summed E-state index contributed by atoms with van der Waals surface area (Å²) in [7, 11) is 0. The smallest absolute Gasteiger partial charge is 0.225 e. The molecule has 2 aromatic carbocycles. The number of hydrazone groups is 1. The van der Waals surface area contributed by atoms with Gasteiger partial charge in [0.15, 0.2) is 0 Å². The average Bonchev–Trinajstić information content (AvgIpc) is 3.31. The quantitative estimate of drug-likeness (QED) is 0.377. The van der Waals surface area contributed by atoms with Crippen LogP contribution in [0.15, 0.2) is 72.0 Å². The highest BCUT2D eigenvalue weighted by Gasteiger charge is 2.10. The number of para-hydroxylation sites is 2. The molecular formula is C22H23N5. The number of nitrogens with one attached hydrogen (secondary N) is 2. The van der Waals surface area contributed by atoms with Crippen LogP contribution in [-0.2, 0) is 6.54 Å². The minimum atomic E-state index is 0.535. The molecule has 0 saturated heterocycles. The molecule has 27 heavy (non-hydrogen) atoms. The second-order valence-corrected chi connectivity index (χ2v) is 6.90. The Morgan fingerprint density at radius 3 is 2.63 bits per heavy atom. The number of benzene rings is 2. The summed E-state index contributed by atoms with van der Waals surface area (Å²) < 4.78 is 2.16. The molecule has 2 N–H and O–H groups in total. The number of hydrogen-bond acceptors (Lipinski definition) is 3. The predicted octanol–water partition coefficient (Wildman–Crippen LogP) is 4.98. The molecule has 4 rings (SSSR count). The average molecular weight is 357 g/mol. The first-order valence-electron chi connectivity index (χ1n) is 9.17. The molecular weight excluding hydrogens is 334 g/mol. The lowest BCUT2D eigenvalue weighted by atomic mass is 10.0. The third-order valence-electron chi connectivity index (χ3n) is 4.63. The van der Waals surface area contributed by atoms with Crippen molar-refractivity contribution in [1.29, 1.82) is 0 Å². The Hall–Kier alpha value is -3.34. The van der Waals surface area contributed by atoms with Crippen molar-refractivity contribution in [2.75, 3.05) is 5.43 Å². The van der Waals surface area contributed by atoms with E-state index in [1.54, 1.807) is 6.21 Å². The molecule has 0 aliphatic rings. The summed E-state index contributed by atoms with van der Waals surface area (Å²) >= 11 is 0. The Kier molecular flexibility index (Phi) is 4.75. The van der Waals surface area contributed by atoms with E-state index < -0.39 is 0 Å². The number of aromatic amines is 1. The normalized spacial score (nSPS) is 11.7. The molecule has 136 valence electrons. The highest BCUT2D eigenvalue weighted by molar-refractivity contribution is 5.80. The Labute approximate surface area is 158 Å². The van der Waals surface area contributed by atoms with Gasteiger partial charge >= 0.3 is 0 Å². The van der Waals surface area contributed by atoms with Crippen molar-refractivity contribution in [2.45, 2.75) is 26.3 Å². The molecule has 2 aromatic heterocycles. The van der Waals surface area contributed by atoms with Crippen molar-refractivity contribution in [2.24, 2.45) is 5.10 Å². The lowest BCUT2D eigenvalue weighted by Gasteiger charge is -2.10. The third-order valence-corrected chi connectivity index (χ3v) is 4.63. The fourth-order valence-corrected chi connectivity index (χ4v) is 3.10. The second-order valence-electron chi connectivity index (χ2n) is 6.90. The summed E-state index contributed by atoms with van der Waals surface area (Å²) in [5.41, 5.74) is 8.66. The number of nitrogens with zero attached hydrogens (tertiary/aromatic N) is 3. The predicted molar refractivity (Wildman–Crippen MR) is 111 cm³/mol. The minimum absolute atomic E-state index is 0.535. The van der Waals surface area contributed by atoms with Gasteiger partial charge in [-0.2, -0.15) is 5.10 Å². The largest absolute Gasteiger partial charge is 0.360 e. The Morgan fingerprint density at radius 1 is 1.07 bits per heavy atom. The zero-order valence-electron chi connectivity index (χ0n) is 15.6. The zero-order valence-corrected chi connectivity index (χ0v) is 15.6. The molecule has 0 saturated carbocycles. The van der Waals surface area contributed by atoms with E-state index in [9.17, 15) is 0 Å². The van der Waals surface area contributed by atoms with Crippen molar-refractivity contribution in [3.05, 3.63) is 83.7 Å². The van der Waals surface area contributed by atoms with E-state index in [1.807, 2.05) is 36.5 Å². The summed E-state index contributed by atoms with van der Waals surface area (Å²) in [6, 6.07) is 20.8. The Morgan fingerprint density at radius 2 is 1.89 bits per heavy atom. The van der Waals surface area contributed by atoms with Crippen LogP contribution in [0, 0.1) is 0 Å². The number of fused-ring (bicyclic) bond motifs is 1. The molecule has 0 aliphatic heterocycles.